The van der Waals surface area contributed by atoms with E-state index < -0.39 is 28.5 Å². The molecule has 0 saturated carbocycles. The minimum atomic E-state index is -3.91. The summed E-state index contributed by atoms with van der Waals surface area (Å²) >= 11 is 6.27. The summed E-state index contributed by atoms with van der Waals surface area (Å²) in [5.74, 6) is 0.00926. The van der Waals surface area contributed by atoms with Crippen LogP contribution >= 0.6 is 11.6 Å². The Bertz CT molecular complexity index is 1520. The van der Waals surface area contributed by atoms with Gasteiger partial charge < -0.3 is 19.7 Å². The van der Waals surface area contributed by atoms with Gasteiger partial charge in [-0.3, -0.25) is 13.9 Å². The van der Waals surface area contributed by atoms with Gasteiger partial charge in [0.1, 0.15) is 25.8 Å². The van der Waals surface area contributed by atoms with E-state index in [1.807, 2.05) is 50.2 Å². The van der Waals surface area contributed by atoms with Gasteiger partial charge in [-0.2, -0.15) is 0 Å². The fraction of sp³-hybridized carbons (Fsp3) is 0.375. The minimum Gasteiger partial charge on any atom is -0.486 e. The van der Waals surface area contributed by atoms with Crippen molar-refractivity contribution in [2.24, 2.45) is 5.92 Å². The molecular weight excluding hydrogens is 590 g/mol. The van der Waals surface area contributed by atoms with Crippen molar-refractivity contribution in [3.63, 3.8) is 0 Å². The number of hydrogen-bond acceptors (Lipinski definition) is 6. The highest BCUT2D eigenvalue weighted by Crippen LogP contribution is 2.35. The predicted octanol–water partition coefficient (Wildman–Crippen LogP) is 4.68. The van der Waals surface area contributed by atoms with Crippen LogP contribution in [-0.4, -0.2) is 63.2 Å². The Labute approximate surface area is 258 Å². The van der Waals surface area contributed by atoms with E-state index in [-0.39, 0.29) is 36.2 Å². The zero-order valence-electron chi connectivity index (χ0n) is 24.7. The molecule has 1 aliphatic rings. The Balaban J connectivity index is 1.74. The summed E-state index contributed by atoms with van der Waals surface area (Å²) in [6.07, 6.45) is 0.238. The first-order valence-corrected chi connectivity index (χ1v) is 16.3. The van der Waals surface area contributed by atoms with E-state index >= 15 is 0 Å². The first-order valence-electron chi connectivity index (χ1n) is 14.3. The molecule has 0 bridgehead atoms. The number of rotatable bonds is 13. The molecule has 1 N–H and O–H groups in total. The molecule has 230 valence electrons. The molecule has 0 fully saturated rings. The van der Waals surface area contributed by atoms with Gasteiger partial charge in [0, 0.05) is 30.6 Å². The molecule has 0 aliphatic carbocycles. The number of nitrogens with zero attached hydrogens (tertiary/aromatic N) is 2. The monoisotopic (exact) mass is 627 g/mol. The summed E-state index contributed by atoms with van der Waals surface area (Å²) in [5.41, 5.74) is 1.84. The number of ether oxygens (including phenoxy) is 2. The molecule has 9 nitrogen and oxygen atoms in total. The highest BCUT2D eigenvalue weighted by atomic mass is 35.5. The lowest BCUT2D eigenvalue weighted by molar-refractivity contribution is -0.140. The summed E-state index contributed by atoms with van der Waals surface area (Å²) in [7, 11) is -3.91. The van der Waals surface area contributed by atoms with Crippen molar-refractivity contribution in [2.75, 3.05) is 36.4 Å². The van der Waals surface area contributed by atoms with Crippen LogP contribution in [0.1, 0.15) is 31.9 Å². The summed E-state index contributed by atoms with van der Waals surface area (Å²) in [6.45, 7) is 6.18. The third kappa shape index (κ3) is 8.64. The van der Waals surface area contributed by atoms with Crippen molar-refractivity contribution < 1.29 is 27.5 Å². The molecule has 0 spiro atoms. The van der Waals surface area contributed by atoms with E-state index in [9.17, 15) is 18.0 Å². The summed E-state index contributed by atoms with van der Waals surface area (Å²) in [4.78, 5) is 29.5. The number of nitrogens with one attached hydrogen (secondary N) is 1. The van der Waals surface area contributed by atoms with Gasteiger partial charge in [-0.05, 0) is 48.2 Å². The van der Waals surface area contributed by atoms with Crippen molar-refractivity contribution in [2.45, 2.75) is 39.8 Å². The number of amides is 2. The fourth-order valence-corrected chi connectivity index (χ4v) is 5.98. The topological polar surface area (TPSA) is 105 Å². The quantitative estimate of drug-likeness (QED) is 0.295. The van der Waals surface area contributed by atoms with Crippen LogP contribution in [0.25, 0.3) is 0 Å². The Morgan fingerprint density at radius 3 is 2.30 bits per heavy atom. The third-order valence-corrected chi connectivity index (χ3v) is 8.97. The highest BCUT2D eigenvalue weighted by molar-refractivity contribution is 7.92. The maximum atomic E-state index is 14.3. The molecular formula is C32H38ClN3O6S. The molecule has 3 aromatic carbocycles. The average molecular weight is 628 g/mol. The first-order chi connectivity index (χ1) is 20.6. The number of sulfonamides is 1. The number of fused-ring (bicyclic) bond motifs is 1. The SMILES string of the molecule is CCS(=O)(=O)N(CC(=O)N(Cc1cccc(Cl)c1)C(Cc1ccccc1)C(=O)NCC(C)C)c1ccc2c(c1)OCCO2. The molecule has 3 aromatic rings. The van der Waals surface area contributed by atoms with Crippen LogP contribution < -0.4 is 19.1 Å². The lowest BCUT2D eigenvalue weighted by Crippen LogP contribution is -2.54. The number of carbonyl (C=O) groups excluding carboxylic acids is 2. The number of anilines is 1. The maximum Gasteiger partial charge on any atom is 0.244 e. The molecule has 1 atom stereocenters. The lowest BCUT2D eigenvalue weighted by atomic mass is 10.0. The third-order valence-electron chi connectivity index (χ3n) is 6.99. The molecule has 43 heavy (non-hydrogen) atoms. The van der Waals surface area contributed by atoms with Gasteiger partial charge in [-0.15, -0.1) is 0 Å². The zero-order valence-corrected chi connectivity index (χ0v) is 26.2. The molecule has 11 heteroatoms. The zero-order chi connectivity index (χ0) is 31.0. The van der Waals surface area contributed by atoms with Crippen LogP contribution in [-0.2, 0) is 32.6 Å². The van der Waals surface area contributed by atoms with E-state index in [0.29, 0.717) is 41.8 Å². The molecule has 1 unspecified atom stereocenters. The summed E-state index contributed by atoms with van der Waals surface area (Å²) < 4.78 is 39.1. The smallest absolute Gasteiger partial charge is 0.244 e. The van der Waals surface area contributed by atoms with Crippen LogP contribution in [0.15, 0.2) is 72.8 Å². The van der Waals surface area contributed by atoms with Gasteiger partial charge in [0.05, 0.1) is 11.4 Å². The van der Waals surface area contributed by atoms with Gasteiger partial charge in [0.15, 0.2) is 11.5 Å². The van der Waals surface area contributed by atoms with Gasteiger partial charge >= 0.3 is 0 Å². The van der Waals surface area contributed by atoms with Crippen LogP contribution in [0.4, 0.5) is 5.69 Å². The molecule has 1 heterocycles. The predicted molar refractivity (Wildman–Crippen MR) is 168 cm³/mol. The highest BCUT2D eigenvalue weighted by Gasteiger charge is 2.34. The Morgan fingerprint density at radius 2 is 1.63 bits per heavy atom. The molecule has 2 amide bonds. The number of carbonyl (C=O) groups is 2. The van der Waals surface area contributed by atoms with Crippen molar-refractivity contribution in [1.29, 1.82) is 0 Å². The number of benzene rings is 3. The van der Waals surface area contributed by atoms with Gasteiger partial charge in [0.2, 0.25) is 21.8 Å². The largest absolute Gasteiger partial charge is 0.486 e. The fourth-order valence-electron chi connectivity index (χ4n) is 4.72. The second-order valence-electron chi connectivity index (χ2n) is 10.7. The van der Waals surface area contributed by atoms with Crippen LogP contribution in [0.3, 0.4) is 0 Å². The maximum absolute atomic E-state index is 14.3. The Morgan fingerprint density at radius 1 is 0.930 bits per heavy atom. The molecule has 0 saturated heterocycles. The van der Waals surface area contributed by atoms with E-state index in [1.54, 1.807) is 36.4 Å². The molecule has 0 radical (unpaired) electrons. The van der Waals surface area contributed by atoms with E-state index in [2.05, 4.69) is 5.32 Å². The Hall–Kier alpha value is -3.76. The molecule has 4 rings (SSSR count). The summed E-state index contributed by atoms with van der Waals surface area (Å²) in [5, 5.41) is 3.46. The first kappa shape index (κ1) is 32.2. The minimum absolute atomic E-state index is 0.0488. The van der Waals surface area contributed by atoms with Gasteiger partial charge in [0.25, 0.3) is 0 Å². The number of hydrogen-bond donors (Lipinski definition) is 1. The van der Waals surface area contributed by atoms with Crippen LogP contribution in [0, 0.1) is 5.92 Å². The van der Waals surface area contributed by atoms with Crippen LogP contribution in [0.2, 0.25) is 5.02 Å². The molecule has 0 aromatic heterocycles. The van der Waals surface area contributed by atoms with Crippen LogP contribution in [0.5, 0.6) is 11.5 Å². The van der Waals surface area contributed by atoms with Crippen molar-refractivity contribution in [3.05, 3.63) is 88.9 Å². The number of halogens is 1. The molecule has 1 aliphatic heterocycles. The average Bonchev–Trinajstić information content (AvgIpc) is 3.00. The van der Waals surface area contributed by atoms with Crippen molar-refractivity contribution in [1.82, 2.24) is 10.2 Å². The van der Waals surface area contributed by atoms with Crippen molar-refractivity contribution >= 4 is 39.1 Å². The second kappa shape index (κ2) is 14.6. The van der Waals surface area contributed by atoms with E-state index in [1.165, 1.54) is 11.8 Å². The van der Waals surface area contributed by atoms with Gasteiger partial charge in [-0.1, -0.05) is 67.9 Å². The van der Waals surface area contributed by atoms with E-state index in [0.717, 1.165) is 9.87 Å². The van der Waals surface area contributed by atoms with Crippen molar-refractivity contribution in [3.8, 4) is 11.5 Å². The van der Waals surface area contributed by atoms with Gasteiger partial charge in [-0.25, -0.2) is 8.42 Å². The normalized spacial score (nSPS) is 13.3. The second-order valence-corrected chi connectivity index (χ2v) is 13.3. The standard InChI is InChI=1S/C32H38ClN3O6S/c1-4-43(39,40)36(27-13-14-29-30(19-27)42-16-15-41-29)22-31(37)35(21-25-11-8-12-26(33)17-25)28(32(38)34-20-23(2)3)18-24-9-6-5-7-10-24/h5-14,17,19,23,28H,4,15-16,18,20-22H2,1-3H3,(H,34,38). The Kier molecular flexibility index (Phi) is 10.9. The summed E-state index contributed by atoms with van der Waals surface area (Å²) in [6, 6.07) is 20.3. The lowest BCUT2D eigenvalue weighted by Gasteiger charge is -2.34. The van der Waals surface area contributed by atoms with E-state index in [4.69, 9.17) is 21.1 Å².